The van der Waals surface area contributed by atoms with Crippen LogP contribution in [0.4, 0.5) is 5.69 Å². The summed E-state index contributed by atoms with van der Waals surface area (Å²) in [6.45, 7) is 13.3. The van der Waals surface area contributed by atoms with Crippen LogP contribution in [0.3, 0.4) is 0 Å². The fourth-order valence-corrected chi connectivity index (χ4v) is 1.67. The van der Waals surface area contributed by atoms with Gasteiger partial charge in [0.25, 0.3) is 5.56 Å². The lowest BCUT2D eigenvalue weighted by Crippen LogP contribution is -2.30. The van der Waals surface area contributed by atoms with Gasteiger partial charge in [0.1, 0.15) is 5.02 Å². The molecule has 1 N–H and O–H groups in total. The molecule has 0 radical (unpaired) electrons. The Hall–Kier alpha value is -1.03. The topological polar surface area (TPSA) is 46.9 Å². The first kappa shape index (κ1) is 16.0. The zero-order valence-corrected chi connectivity index (χ0v) is 13.4. The first-order valence-electron chi connectivity index (χ1n) is 6.68. The standard InChI is InChI=1S/C14H24ClN3O/c1-9(2)14(5,6)8-16-11-7-17-18(10(3)4)13(19)12(11)15/h7,9-10,16H,8H2,1-6H3. The molecule has 1 aromatic rings. The molecule has 0 unspecified atom stereocenters. The van der Waals surface area contributed by atoms with Crippen LogP contribution in [-0.2, 0) is 0 Å². The Morgan fingerprint density at radius 1 is 1.37 bits per heavy atom. The number of anilines is 1. The van der Waals surface area contributed by atoms with E-state index < -0.39 is 0 Å². The maximum atomic E-state index is 12.0. The highest BCUT2D eigenvalue weighted by atomic mass is 35.5. The zero-order chi connectivity index (χ0) is 14.8. The lowest BCUT2D eigenvalue weighted by Gasteiger charge is -2.30. The molecule has 0 aliphatic rings. The maximum absolute atomic E-state index is 12.0. The number of nitrogens with zero attached hydrogens (tertiary/aromatic N) is 2. The molecule has 0 saturated carbocycles. The molecule has 0 aliphatic carbocycles. The van der Waals surface area contributed by atoms with Crippen molar-refractivity contribution >= 4 is 17.3 Å². The molecule has 0 bridgehead atoms. The van der Waals surface area contributed by atoms with E-state index in [1.54, 1.807) is 6.20 Å². The molecular weight excluding hydrogens is 262 g/mol. The van der Waals surface area contributed by atoms with Crippen LogP contribution < -0.4 is 10.9 Å². The minimum absolute atomic E-state index is 0.00570. The first-order valence-corrected chi connectivity index (χ1v) is 7.05. The van der Waals surface area contributed by atoms with Crippen molar-refractivity contribution < 1.29 is 0 Å². The molecule has 19 heavy (non-hydrogen) atoms. The fraction of sp³-hybridized carbons (Fsp3) is 0.714. The van der Waals surface area contributed by atoms with Gasteiger partial charge in [0.05, 0.1) is 17.9 Å². The Bertz CT molecular complexity index is 492. The van der Waals surface area contributed by atoms with Crippen LogP contribution >= 0.6 is 11.6 Å². The molecule has 4 nitrogen and oxygen atoms in total. The number of aromatic nitrogens is 2. The first-order chi connectivity index (χ1) is 8.66. The van der Waals surface area contributed by atoms with E-state index in [0.717, 1.165) is 6.54 Å². The third-order valence-electron chi connectivity index (χ3n) is 3.73. The summed E-state index contributed by atoms with van der Waals surface area (Å²) in [7, 11) is 0. The van der Waals surface area contributed by atoms with Crippen molar-refractivity contribution in [1.82, 2.24) is 9.78 Å². The van der Waals surface area contributed by atoms with Crippen LogP contribution in [0.1, 0.15) is 47.6 Å². The summed E-state index contributed by atoms with van der Waals surface area (Å²) in [6.07, 6.45) is 1.63. The number of nitrogens with one attached hydrogen (secondary N) is 1. The molecule has 0 aliphatic heterocycles. The molecule has 1 aromatic heterocycles. The van der Waals surface area contributed by atoms with E-state index in [4.69, 9.17) is 11.6 Å². The van der Waals surface area contributed by atoms with Crippen molar-refractivity contribution in [2.75, 3.05) is 11.9 Å². The van der Waals surface area contributed by atoms with Gasteiger partial charge in [-0.05, 0) is 25.2 Å². The van der Waals surface area contributed by atoms with Gasteiger partial charge in [-0.1, -0.05) is 39.3 Å². The Morgan fingerprint density at radius 2 is 1.95 bits per heavy atom. The quantitative estimate of drug-likeness (QED) is 0.899. The summed E-state index contributed by atoms with van der Waals surface area (Å²) in [5.74, 6) is 0.530. The molecule has 0 atom stereocenters. The number of halogens is 1. The lowest BCUT2D eigenvalue weighted by atomic mass is 9.81. The molecular formula is C14H24ClN3O. The van der Waals surface area contributed by atoms with Gasteiger partial charge in [-0.3, -0.25) is 4.79 Å². The summed E-state index contributed by atoms with van der Waals surface area (Å²) in [6, 6.07) is 0.00570. The van der Waals surface area contributed by atoms with Crippen LogP contribution in [0.25, 0.3) is 0 Å². The van der Waals surface area contributed by atoms with E-state index in [1.165, 1.54) is 4.68 Å². The summed E-state index contributed by atoms with van der Waals surface area (Å²) < 4.78 is 1.39. The second-order valence-corrected chi connectivity index (χ2v) is 6.59. The molecule has 0 fully saturated rings. The van der Waals surface area contributed by atoms with Crippen molar-refractivity contribution in [3.63, 3.8) is 0 Å². The molecule has 5 heteroatoms. The second-order valence-electron chi connectivity index (χ2n) is 6.21. The van der Waals surface area contributed by atoms with Crippen molar-refractivity contribution in [1.29, 1.82) is 0 Å². The summed E-state index contributed by atoms with van der Waals surface area (Å²) in [5.41, 5.74) is 0.484. The third-order valence-corrected chi connectivity index (χ3v) is 4.10. The molecule has 108 valence electrons. The van der Waals surface area contributed by atoms with Crippen molar-refractivity contribution in [3.8, 4) is 0 Å². The highest BCUT2D eigenvalue weighted by Gasteiger charge is 2.22. The van der Waals surface area contributed by atoms with E-state index in [1.807, 2.05) is 13.8 Å². The summed E-state index contributed by atoms with van der Waals surface area (Å²) in [4.78, 5) is 12.0. The minimum atomic E-state index is -0.246. The Labute approximate surface area is 120 Å². The summed E-state index contributed by atoms with van der Waals surface area (Å²) >= 11 is 6.12. The molecule has 0 spiro atoms. The molecule has 0 aromatic carbocycles. The zero-order valence-electron chi connectivity index (χ0n) is 12.6. The van der Waals surface area contributed by atoms with Crippen LogP contribution in [0.15, 0.2) is 11.0 Å². The minimum Gasteiger partial charge on any atom is -0.382 e. The Balaban J connectivity index is 2.93. The molecule has 1 heterocycles. The van der Waals surface area contributed by atoms with E-state index in [0.29, 0.717) is 11.6 Å². The van der Waals surface area contributed by atoms with Crippen LogP contribution in [-0.4, -0.2) is 16.3 Å². The van der Waals surface area contributed by atoms with Crippen molar-refractivity contribution in [2.45, 2.75) is 47.6 Å². The van der Waals surface area contributed by atoms with Crippen molar-refractivity contribution in [3.05, 3.63) is 21.6 Å². The van der Waals surface area contributed by atoms with E-state index >= 15 is 0 Å². The average molecular weight is 286 g/mol. The summed E-state index contributed by atoms with van der Waals surface area (Å²) in [5, 5.41) is 7.59. The van der Waals surface area contributed by atoms with Gasteiger partial charge >= 0.3 is 0 Å². The lowest BCUT2D eigenvalue weighted by molar-refractivity contribution is 0.269. The monoisotopic (exact) mass is 285 g/mol. The number of hydrogen-bond acceptors (Lipinski definition) is 3. The van der Waals surface area contributed by atoms with E-state index in [-0.39, 0.29) is 22.0 Å². The van der Waals surface area contributed by atoms with Gasteiger partial charge in [0.2, 0.25) is 0 Å². The van der Waals surface area contributed by atoms with Crippen LogP contribution in [0.5, 0.6) is 0 Å². The van der Waals surface area contributed by atoms with Crippen molar-refractivity contribution in [2.24, 2.45) is 11.3 Å². The highest BCUT2D eigenvalue weighted by Crippen LogP contribution is 2.27. The SMILES string of the molecule is CC(C)n1ncc(NCC(C)(C)C(C)C)c(Cl)c1=O. The van der Waals surface area contributed by atoms with Gasteiger partial charge < -0.3 is 5.32 Å². The normalized spacial score (nSPS) is 12.3. The Morgan fingerprint density at radius 3 is 2.42 bits per heavy atom. The van der Waals surface area contributed by atoms with Gasteiger partial charge in [-0.25, -0.2) is 4.68 Å². The predicted molar refractivity (Wildman–Crippen MR) is 81.0 cm³/mol. The largest absolute Gasteiger partial charge is 0.382 e. The third kappa shape index (κ3) is 3.72. The maximum Gasteiger partial charge on any atom is 0.287 e. The van der Waals surface area contributed by atoms with Gasteiger partial charge in [0.15, 0.2) is 0 Å². The van der Waals surface area contributed by atoms with E-state index in [9.17, 15) is 4.79 Å². The molecule has 1 rings (SSSR count). The van der Waals surface area contributed by atoms with Gasteiger partial charge in [0, 0.05) is 6.54 Å². The van der Waals surface area contributed by atoms with Crippen LogP contribution in [0, 0.1) is 11.3 Å². The molecule has 0 saturated heterocycles. The fourth-order valence-electron chi connectivity index (χ4n) is 1.46. The van der Waals surface area contributed by atoms with Crippen LogP contribution in [0.2, 0.25) is 5.02 Å². The predicted octanol–water partition coefficient (Wildman–Crippen LogP) is 3.57. The molecule has 0 amide bonds. The second kappa shape index (κ2) is 5.95. The van der Waals surface area contributed by atoms with Gasteiger partial charge in [-0.2, -0.15) is 5.10 Å². The average Bonchev–Trinajstić information content (AvgIpc) is 2.30. The smallest absolute Gasteiger partial charge is 0.287 e. The van der Waals surface area contributed by atoms with E-state index in [2.05, 4.69) is 38.1 Å². The number of rotatable bonds is 5. The number of hydrogen-bond donors (Lipinski definition) is 1. The Kier molecular flexibility index (Phi) is 5.02. The van der Waals surface area contributed by atoms with Gasteiger partial charge in [-0.15, -0.1) is 0 Å². The highest BCUT2D eigenvalue weighted by molar-refractivity contribution is 6.32.